The molecule has 0 aliphatic rings. The molecule has 2 nitrogen and oxygen atoms in total. The molecule has 0 saturated carbocycles. The van der Waals surface area contributed by atoms with E-state index in [-0.39, 0.29) is 0 Å². The predicted molar refractivity (Wildman–Crippen MR) is 117 cm³/mol. The van der Waals surface area contributed by atoms with Crippen LogP contribution in [0.4, 0.5) is 0 Å². The normalized spacial score (nSPS) is 10.9. The Morgan fingerprint density at radius 3 is 1.89 bits per heavy atom. The van der Waals surface area contributed by atoms with Gasteiger partial charge in [0.15, 0.2) is 0 Å². The third kappa shape index (κ3) is 3.46. The zero-order valence-electron chi connectivity index (χ0n) is 16.8. The lowest BCUT2D eigenvalue weighted by atomic mass is 9.98. The van der Waals surface area contributed by atoms with Crippen molar-refractivity contribution in [3.63, 3.8) is 0 Å². The third-order valence-corrected chi connectivity index (χ3v) is 5.05. The quantitative estimate of drug-likeness (QED) is 0.404. The van der Waals surface area contributed by atoms with E-state index in [0.29, 0.717) is 0 Å². The highest BCUT2D eigenvalue weighted by Gasteiger charge is 2.15. The second kappa shape index (κ2) is 7.40. The van der Waals surface area contributed by atoms with Crippen LogP contribution in [0, 0.1) is 27.7 Å². The molecule has 0 amide bonds. The van der Waals surface area contributed by atoms with Crippen LogP contribution in [0.2, 0.25) is 0 Å². The van der Waals surface area contributed by atoms with Crippen molar-refractivity contribution in [1.82, 2.24) is 9.97 Å². The summed E-state index contributed by atoms with van der Waals surface area (Å²) >= 11 is 0. The summed E-state index contributed by atoms with van der Waals surface area (Å²) in [5, 5.41) is 0. The van der Waals surface area contributed by atoms with Crippen LogP contribution in [0.15, 0.2) is 72.9 Å². The molecule has 3 aromatic carbocycles. The molecule has 4 rings (SSSR count). The van der Waals surface area contributed by atoms with Gasteiger partial charge in [0.05, 0.1) is 23.3 Å². The van der Waals surface area contributed by atoms with E-state index in [0.717, 1.165) is 28.2 Å². The van der Waals surface area contributed by atoms with Crippen LogP contribution in [0.3, 0.4) is 0 Å². The maximum atomic E-state index is 5.13. The summed E-state index contributed by atoms with van der Waals surface area (Å²) in [5.41, 5.74) is 11.0. The molecule has 0 aliphatic carbocycles. The highest BCUT2D eigenvalue weighted by atomic mass is 14.8. The van der Waals surface area contributed by atoms with Gasteiger partial charge in [-0.25, -0.2) is 4.98 Å². The van der Waals surface area contributed by atoms with E-state index in [4.69, 9.17) is 9.97 Å². The summed E-state index contributed by atoms with van der Waals surface area (Å²) in [7, 11) is 0. The van der Waals surface area contributed by atoms with Crippen molar-refractivity contribution in [3.8, 4) is 33.8 Å². The zero-order chi connectivity index (χ0) is 19.7. The largest absolute Gasteiger partial charge is 0.252 e. The second-order valence-corrected chi connectivity index (χ2v) is 7.46. The van der Waals surface area contributed by atoms with Crippen LogP contribution < -0.4 is 0 Å². The second-order valence-electron chi connectivity index (χ2n) is 7.46. The predicted octanol–water partition coefficient (Wildman–Crippen LogP) is 6.71. The van der Waals surface area contributed by atoms with E-state index >= 15 is 0 Å². The van der Waals surface area contributed by atoms with E-state index in [1.54, 1.807) is 0 Å². The Labute approximate surface area is 167 Å². The number of benzene rings is 3. The van der Waals surface area contributed by atoms with Crippen molar-refractivity contribution in [2.24, 2.45) is 0 Å². The van der Waals surface area contributed by atoms with Gasteiger partial charge in [-0.05, 0) is 51.0 Å². The van der Waals surface area contributed by atoms with Crippen LogP contribution in [0.1, 0.15) is 22.3 Å². The summed E-state index contributed by atoms with van der Waals surface area (Å²) in [5.74, 6) is 0. The molecular weight excluding hydrogens is 340 g/mol. The van der Waals surface area contributed by atoms with Gasteiger partial charge < -0.3 is 0 Å². The maximum absolute atomic E-state index is 5.13. The van der Waals surface area contributed by atoms with Gasteiger partial charge in [-0.2, -0.15) is 0 Å². The van der Waals surface area contributed by atoms with Crippen LogP contribution in [0.25, 0.3) is 33.8 Å². The van der Waals surface area contributed by atoms with E-state index in [9.17, 15) is 0 Å². The summed E-state index contributed by atoms with van der Waals surface area (Å²) in [6.07, 6.45) is 1.91. The van der Waals surface area contributed by atoms with Crippen LogP contribution in [0.5, 0.6) is 0 Å². The van der Waals surface area contributed by atoms with Crippen LogP contribution in [-0.4, -0.2) is 9.97 Å². The molecule has 138 valence electrons. The van der Waals surface area contributed by atoms with Crippen molar-refractivity contribution in [2.45, 2.75) is 27.7 Å². The van der Waals surface area contributed by atoms with Crippen molar-refractivity contribution in [2.75, 3.05) is 0 Å². The Balaban J connectivity index is 1.99. The average Bonchev–Trinajstić information content (AvgIpc) is 2.68. The number of rotatable bonds is 3. The summed E-state index contributed by atoms with van der Waals surface area (Å²) in [6.45, 7) is 8.51. The zero-order valence-corrected chi connectivity index (χ0v) is 16.8. The molecule has 0 N–H and O–H groups in total. The number of aromatic nitrogens is 2. The van der Waals surface area contributed by atoms with Crippen LogP contribution in [-0.2, 0) is 0 Å². The first kappa shape index (κ1) is 18.1. The average molecular weight is 364 g/mol. The minimum atomic E-state index is 0.917. The molecule has 0 aliphatic heterocycles. The minimum absolute atomic E-state index is 0.917. The SMILES string of the molecule is Cc1cc(C)cc(-c2nc(-c3c(C)cccc3C)cnc2-c2ccccc2)c1. The van der Waals surface area contributed by atoms with E-state index < -0.39 is 0 Å². The van der Waals surface area contributed by atoms with Gasteiger partial charge in [0, 0.05) is 16.7 Å². The first-order chi connectivity index (χ1) is 13.5. The standard InChI is InChI=1S/C26H24N2/c1-17-13-18(2)15-22(14-17)26-25(21-11-6-5-7-12-21)27-16-23(28-26)24-19(3)9-8-10-20(24)4/h5-16H,1-4H3. The van der Waals surface area contributed by atoms with Crippen molar-refractivity contribution >= 4 is 0 Å². The van der Waals surface area contributed by atoms with E-state index in [2.05, 4.69) is 76.2 Å². The van der Waals surface area contributed by atoms with Gasteiger partial charge in [0.2, 0.25) is 0 Å². The molecule has 4 aromatic rings. The van der Waals surface area contributed by atoms with Gasteiger partial charge >= 0.3 is 0 Å². The van der Waals surface area contributed by atoms with Crippen molar-refractivity contribution < 1.29 is 0 Å². The van der Waals surface area contributed by atoms with Crippen molar-refractivity contribution in [1.29, 1.82) is 0 Å². The minimum Gasteiger partial charge on any atom is -0.252 e. The number of aryl methyl sites for hydroxylation is 4. The topological polar surface area (TPSA) is 25.8 Å². The molecule has 0 atom stereocenters. The maximum Gasteiger partial charge on any atom is 0.0972 e. The molecule has 2 heteroatoms. The fraction of sp³-hybridized carbons (Fsp3) is 0.154. The Kier molecular flexibility index (Phi) is 4.79. The van der Waals surface area contributed by atoms with Gasteiger partial charge in [-0.1, -0.05) is 65.7 Å². The number of nitrogens with zero attached hydrogens (tertiary/aromatic N) is 2. The smallest absolute Gasteiger partial charge is 0.0972 e. The van der Waals surface area contributed by atoms with Gasteiger partial charge in [0.1, 0.15) is 0 Å². The summed E-state index contributed by atoms with van der Waals surface area (Å²) < 4.78 is 0. The summed E-state index contributed by atoms with van der Waals surface area (Å²) in [4.78, 5) is 10.0. The van der Waals surface area contributed by atoms with E-state index in [1.165, 1.54) is 27.8 Å². The molecule has 28 heavy (non-hydrogen) atoms. The monoisotopic (exact) mass is 364 g/mol. The molecule has 0 unspecified atom stereocenters. The van der Waals surface area contributed by atoms with Crippen LogP contribution >= 0.6 is 0 Å². The van der Waals surface area contributed by atoms with Crippen molar-refractivity contribution in [3.05, 3.63) is 95.2 Å². The highest BCUT2D eigenvalue weighted by Crippen LogP contribution is 2.33. The number of hydrogen-bond donors (Lipinski definition) is 0. The lowest BCUT2D eigenvalue weighted by molar-refractivity contribution is 1.19. The fourth-order valence-corrected chi connectivity index (χ4v) is 3.85. The first-order valence-electron chi connectivity index (χ1n) is 9.60. The molecule has 1 heterocycles. The summed E-state index contributed by atoms with van der Waals surface area (Å²) in [6, 6.07) is 23.2. The van der Waals surface area contributed by atoms with E-state index in [1.807, 2.05) is 24.4 Å². The molecule has 0 radical (unpaired) electrons. The first-order valence-corrected chi connectivity index (χ1v) is 9.60. The highest BCUT2D eigenvalue weighted by molar-refractivity contribution is 5.81. The Hall–Kier alpha value is -3.26. The van der Waals surface area contributed by atoms with Gasteiger partial charge in [-0.15, -0.1) is 0 Å². The lowest BCUT2D eigenvalue weighted by Crippen LogP contribution is -1.99. The molecular formula is C26H24N2. The molecule has 1 aromatic heterocycles. The Bertz CT molecular complexity index is 1100. The number of hydrogen-bond acceptors (Lipinski definition) is 2. The molecule has 0 spiro atoms. The van der Waals surface area contributed by atoms with Gasteiger partial charge in [-0.3, -0.25) is 4.98 Å². The fourth-order valence-electron chi connectivity index (χ4n) is 3.85. The lowest BCUT2D eigenvalue weighted by Gasteiger charge is -2.14. The third-order valence-electron chi connectivity index (χ3n) is 5.05. The molecule has 0 bridgehead atoms. The molecule has 0 saturated heterocycles. The Morgan fingerprint density at radius 2 is 1.25 bits per heavy atom. The van der Waals surface area contributed by atoms with Gasteiger partial charge in [0.25, 0.3) is 0 Å². The molecule has 0 fully saturated rings. The Morgan fingerprint density at radius 1 is 0.607 bits per heavy atom.